The summed E-state index contributed by atoms with van der Waals surface area (Å²) < 4.78 is 13.2. The lowest BCUT2D eigenvalue weighted by atomic mass is 10.1. The molecule has 0 radical (unpaired) electrons. The molecule has 20 heavy (non-hydrogen) atoms. The number of halogens is 1. The van der Waals surface area contributed by atoms with E-state index in [0.29, 0.717) is 6.42 Å². The van der Waals surface area contributed by atoms with Crippen LogP contribution in [0.1, 0.15) is 11.3 Å². The first kappa shape index (κ1) is 13.1. The Hall–Kier alpha value is -1.88. The standard InChI is InChI=1S/C15H18FN3O/c1-10-13(9-15(20)19-6-4-17-5-7-19)12-3-2-11(16)8-14(12)18-10/h2-3,8,17-18H,4-7,9H2,1H3. The number of H-pyrrole nitrogens is 1. The lowest BCUT2D eigenvalue weighted by molar-refractivity contribution is -0.131. The Kier molecular flexibility index (Phi) is 3.44. The molecule has 1 saturated heterocycles. The van der Waals surface area contributed by atoms with Crippen LogP contribution in [0.3, 0.4) is 0 Å². The van der Waals surface area contributed by atoms with Gasteiger partial charge in [-0.3, -0.25) is 4.79 Å². The van der Waals surface area contributed by atoms with Gasteiger partial charge < -0.3 is 15.2 Å². The van der Waals surface area contributed by atoms with Crippen molar-refractivity contribution in [2.75, 3.05) is 26.2 Å². The highest BCUT2D eigenvalue weighted by molar-refractivity contribution is 5.90. The number of carbonyl (C=O) groups excluding carboxylic acids is 1. The second-order valence-corrected chi connectivity index (χ2v) is 5.23. The summed E-state index contributed by atoms with van der Waals surface area (Å²) in [6, 6.07) is 4.66. The van der Waals surface area contributed by atoms with Crippen LogP contribution >= 0.6 is 0 Å². The number of fused-ring (bicyclic) bond motifs is 1. The summed E-state index contributed by atoms with van der Waals surface area (Å²) in [6.45, 7) is 5.15. The van der Waals surface area contributed by atoms with E-state index in [-0.39, 0.29) is 11.7 Å². The number of aromatic nitrogens is 1. The van der Waals surface area contributed by atoms with Crippen LogP contribution in [0.4, 0.5) is 4.39 Å². The quantitative estimate of drug-likeness (QED) is 0.874. The monoisotopic (exact) mass is 275 g/mol. The lowest BCUT2D eigenvalue weighted by Crippen LogP contribution is -2.46. The van der Waals surface area contributed by atoms with Gasteiger partial charge in [0.1, 0.15) is 5.82 Å². The Morgan fingerprint density at radius 3 is 2.85 bits per heavy atom. The number of amides is 1. The Morgan fingerprint density at radius 1 is 1.35 bits per heavy atom. The van der Waals surface area contributed by atoms with E-state index in [1.165, 1.54) is 12.1 Å². The molecule has 1 aromatic heterocycles. The summed E-state index contributed by atoms with van der Waals surface area (Å²) in [4.78, 5) is 17.4. The third-order valence-corrected chi connectivity index (χ3v) is 3.88. The highest BCUT2D eigenvalue weighted by Crippen LogP contribution is 2.23. The van der Waals surface area contributed by atoms with Gasteiger partial charge in [0, 0.05) is 42.8 Å². The summed E-state index contributed by atoms with van der Waals surface area (Å²) in [5, 5.41) is 4.17. The number of carbonyl (C=O) groups is 1. The molecule has 1 fully saturated rings. The average Bonchev–Trinajstić information content (AvgIpc) is 2.75. The zero-order chi connectivity index (χ0) is 14.1. The fraction of sp³-hybridized carbons (Fsp3) is 0.400. The maximum Gasteiger partial charge on any atom is 0.227 e. The molecule has 0 saturated carbocycles. The second kappa shape index (κ2) is 5.25. The highest BCUT2D eigenvalue weighted by Gasteiger charge is 2.19. The highest BCUT2D eigenvalue weighted by atomic mass is 19.1. The van der Waals surface area contributed by atoms with Crippen molar-refractivity contribution in [3.63, 3.8) is 0 Å². The zero-order valence-corrected chi connectivity index (χ0v) is 11.5. The minimum absolute atomic E-state index is 0.139. The molecule has 0 unspecified atom stereocenters. The van der Waals surface area contributed by atoms with E-state index >= 15 is 0 Å². The number of benzene rings is 1. The molecule has 4 nitrogen and oxygen atoms in total. The average molecular weight is 275 g/mol. The number of nitrogens with one attached hydrogen (secondary N) is 2. The molecule has 0 aliphatic carbocycles. The minimum Gasteiger partial charge on any atom is -0.358 e. The SMILES string of the molecule is Cc1[nH]c2cc(F)ccc2c1CC(=O)N1CCNCC1. The van der Waals surface area contributed by atoms with Crippen LogP contribution in [0.25, 0.3) is 10.9 Å². The van der Waals surface area contributed by atoms with Crippen molar-refractivity contribution in [3.8, 4) is 0 Å². The fourth-order valence-electron chi connectivity index (χ4n) is 2.77. The topological polar surface area (TPSA) is 48.1 Å². The molecule has 2 heterocycles. The molecule has 1 aliphatic heterocycles. The van der Waals surface area contributed by atoms with Gasteiger partial charge in [-0.1, -0.05) is 0 Å². The predicted octanol–water partition coefficient (Wildman–Crippen LogP) is 1.59. The smallest absolute Gasteiger partial charge is 0.227 e. The molecule has 0 atom stereocenters. The van der Waals surface area contributed by atoms with Crippen molar-refractivity contribution in [1.82, 2.24) is 15.2 Å². The van der Waals surface area contributed by atoms with E-state index in [4.69, 9.17) is 0 Å². The van der Waals surface area contributed by atoms with Crippen molar-refractivity contribution in [3.05, 3.63) is 35.3 Å². The van der Waals surface area contributed by atoms with E-state index < -0.39 is 0 Å². The maximum absolute atomic E-state index is 13.2. The van der Waals surface area contributed by atoms with Crippen LogP contribution in [0.15, 0.2) is 18.2 Å². The van der Waals surface area contributed by atoms with Crippen LogP contribution in [-0.2, 0) is 11.2 Å². The number of nitrogens with zero attached hydrogens (tertiary/aromatic N) is 1. The van der Waals surface area contributed by atoms with Gasteiger partial charge in [0.25, 0.3) is 0 Å². The first-order chi connectivity index (χ1) is 9.65. The predicted molar refractivity (Wildman–Crippen MR) is 76.1 cm³/mol. The van der Waals surface area contributed by atoms with E-state index in [2.05, 4.69) is 10.3 Å². The van der Waals surface area contributed by atoms with Gasteiger partial charge in [0.2, 0.25) is 5.91 Å². The number of aryl methyl sites for hydroxylation is 1. The number of rotatable bonds is 2. The van der Waals surface area contributed by atoms with Gasteiger partial charge in [-0.05, 0) is 30.7 Å². The van der Waals surface area contributed by atoms with Crippen LogP contribution in [-0.4, -0.2) is 42.0 Å². The number of hydrogen-bond donors (Lipinski definition) is 2. The van der Waals surface area contributed by atoms with Gasteiger partial charge in [0.05, 0.1) is 6.42 Å². The van der Waals surface area contributed by atoms with Crippen LogP contribution in [0, 0.1) is 12.7 Å². The fourth-order valence-corrected chi connectivity index (χ4v) is 2.77. The first-order valence-electron chi connectivity index (χ1n) is 6.90. The van der Waals surface area contributed by atoms with Crippen molar-refractivity contribution < 1.29 is 9.18 Å². The van der Waals surface area contributed by atoms with Crippen LogP contribution < -0.4 is 5.32 Å². The molecule has 5 heteroatoms. The van der Waals surface area contributed by atoms with E-state index in [0.717, 1.165) is 48.3 Å². The van der Waals surface area contributed by atoms with E-state index in [9.17, 15) is 9.18 Å². The Balaban J connectivity index is 1.86. The molecule has 1 aromatic carbocycles. The van der Waals surface area contributed by atoms with Crippen molar-refractivity contribution in [2.45, 2.75) is 13.3 Å². The Bertz CT molecular complexity index is 644. The zero-order valence-electron chi connectivity index (χ0n) is 11.5. The summed E-state index contributed by atoms with van der Waals surface area (Å²) >= 11 is 0. The molecule has 0 bridgehead atoms. The minimum atomic E-state index is -0.265. The molecule has 1 amide bonds. The van der Waals surface area contributed by atoms with Gasteiger partial charge >= 0.3 is 0 Å². The number of aromatic amines is 1. The van der Waals surface area contributed by atoms with Gasteiger partial charge in [0.15, 0.2) is 0 Å². The molecule has 3 rings (SSSR count). The second-order valence-electron chi connectivity index (χ2n) is 5.23. The maximum atomic E-state index is 13.2. The molecule has 2 aromatic rings. The lowest BCUT2D eigenvalue weighted by Gasteiger charge is -2.27. The van der Waals surface area contributed by atoms with E-state index in [1.54, 1.807) is 6.07 Å². The molecule has 0 spiro atoms. The molecular weight excluding hydrogens is 257 g/mol. The van der Waals surface area contributed by atoms with Crippen molar-refractivity contribution >= 4 is 16.8 Å². The third-order valence-electron chi connectivity index (χ3n) is 3.88. The molecule has 106 valence electrons. The largest absolute Gasteiger partial charge is 0.358 e. The van der Waals surface area contributed by atoms with Crippen molar-refractivity contribution in [1.29, 1.82) is 0 Å². The van der Waals surface area contributed by atoms with Crippen molar-refractivity contribution in [2.24, 2.45) is 0 Å². The summed E-state index contributed by atoms with van der Waals surface area (Å²) in [5.41, 5.74) is 2.67. The van der Waals surface area contributed by atoms with Gasteiger partial charge in [-0.25, -0.2) is 4.39 Å². The number of hydrogen-bond acceptors (Lipinski definition) is 2. The van der Waals surface area contributed by atoms with Crippen LogP contribution in [0.5, 0.6) is 0 Å². The van der Waals surface area contributed by atoms with Gasteiger partial charge in [-0.15, -0.1) is 0 Å². The number of piperazine rings is 1. The first-order valence-corrected chi connectivity index (χ1v) is 6.90. The summed E-state index contributed by atoms with van der Waals surface area (Å²) in [5.74, 6) is -0.126. The molecular formula is C15H18FN3O. The normalized spacial score (nSPS) is 15.8. The molecule has 2 N–H and O–H groups in total. The molecule has 1 aliphatic rings. The van der Waals surface area contributed by atoms with E-state index in [1.807, 2.05) is 11.8 Å². The van der Waals surface area contributed by atoms with Gasteiger partial charge in [-0.2, -0.15) is 0 Å². The van der Waals surface area contributed by atoms with Crippen LogP contribution in [0.2, 0.25) is 0 Å². The third kappa shape index (κ3) is 2.41. The summed E-state index contributed by atoms with van der Waals surface area (Å²) in [6.07, 6.45) is 0.372. The summed E-state index contributed by atoms with van der Waals surface area (Å²) in [7, 11) is 0. The Morgan fingerprint density at radius 2 is 2.10 bits per heavy atom. The Labute approximate surface area is 117 Å².